The van der Waals surface area contributed by atoms with Crippen molar-refractivity contribution in [3.8, 4) is 5.75 Å². The smallest absolute Gasteiger partial charge is 0.375 e. The SMILES string of the molecule is O=S(=O)(Oc1ccc(C[C@@H]2CNCCO2)cc1Cl)C(F)(F)F. The van der Waals surface area contributed by atoms with Gasteiger partial charge in [-0.2, -0.15) is 21.6 Å². The number of morpholine rings is 1. The fourth-order valence-corrected chi connectivity index (χ4v) is 2.68. The molecule has 124 valence electrons. The van der Waals surface area contributed by atoms with Gasteiger partial charge in [0.25, 0.3) is 0 Å². The van der Waals surface area contributed by atoms with E-state index in [2.05, 4.69) is 9.50 Å². The Bertz CT molecular complexity index is 630. The van der Waals surface area contributed by atoms with Crippen LogP contribution in [-0.2, 0) is 21.3 Å². The van der Waals surface area contributed by atoms with Crippen LogP contribution in [0.2, 0.25) is 5.02 Å². The summed E-state index contributed by atoms with van der Waals surface area (Å²) in [6.45, 7) is 1.99. The summed E-state index contributed by atoms with van der Waals surface area (Å²) in [4.78, 5) is 0. The summed E-state index contributed by atoms with van der Waals surface area (Å²) in [7, 11) is -5.73. The number of benzene rings is 1. The zero-order chi connectivity index (χ0) is 16.4. The first-order valence-electron chi connectivity index (χ1n) is 6.30. The third-order valence-electron chi connectivity index (χ3n) is 2.95. The molecule has 1 heterocycles. The van der Waals surface area contributed by atoms with Gasteiger partial charge in [-0.25, -0.2) is 0 Å². The standard InChI is InChI=1S/C12H13ClF3NO4S/c13-10-6-8(5-9-7-17-3-4-20-9)1-2-11(10)21-22(18,19)12(14,15)16/h1-2,6,9,17H,3-5,7H2/t9-/m1/s1. The van der Waals surface area contributed by atoms with Gasteiger partial charge in [-0.05, 0) is 24.1 Å². The van der Waals surface area contributed by atoms with Gasteiger partial charge in [-0.1, -0.05) is 17.7 Å². The Balaban J connectivity index is 2.09. The van der Waals surface area contributed by atoms with Crippen molar-refractivity contribution in [2.24, 2.45) is 0 Å². The first kappa shape index (κ1) is 17.3. The lowest BCUT2D eigenvalue weighted by Gasteiger charge is -2.23. The Morgan fingerprint density at radius 3 is 2.68 bits per heavy atom. The molecule has 5 nitrogen and oxygen atoms in total. The van der Waals surface area contributed by atoms with E-state index in [1.54, 1.807) is 0 Å². The minimum atomic E-state index is -5.73. The van der Waals surface area contributed by atoms with Crippen LogP contribution < -0.4 is 9.50 Å². The van der Waals surface area contributed by atoms with Gasteiger partial charge >= 0.3 is 15.6 Å². The molecule has 1 aromatic rings. The van der Waals surface area contributed by atoms with Crippen LogP contribution in [0, 0.1) is 0 Å². The van der Waals surface area contributed by atoms with Crippen LogP contribution in [0.5, 0.6) is 5.75 Å². The number of ether oxygens (including phenoxy) is 1. The molecule has 1 fully saturated rings. The van der Waals surface area contributed by atoms with E-state index < -0.39 is 21.4 Å². The summed E-state index contributed by atoms with van der Waals surface area (Å²) in [5.74, 6) is -0.564. The van der Waals surface area contributed by atoms with Crippen LogP contribution in [0.4, 0.5) is 13.2 Å². The number of hydrogen-bond acceptors (Lipinski definition) is 5. The molecule has 1 aliphatic rings. The van der Waals surface area contributed by atoms with Gasteiger partial charge in [0.1, 0.15) is 0 Å². The van der Waals surface area contributed by atoms with Crippen molar-refractivity contribution < 1.29 is 30.5 Å². The predicted octanol–water partition coefficient (Wildman–Crippen LogP) is 2.10. The molecule has 0 radical (unpaired) electrons. The molecular formula is C12H13ClF3NO4S. The molecule has 0 saturated carbocycles. The van der Waals surface area contributed by atoms with Gasteiger partial charge < -0.3 is 14.2 Å². The lowest BCUT2D eigenvalue weighted by molar-refractivity contribution is -0.0500. The molecule has 22 heavy (non-hydrogen) atoms. The summed E-state index contributed by atoms with van der Waals surface area (Å²) in [6.07, 6.45) is 0.425. The zero-order valence-electron chi connectivity index (χ0n) is 11.2. The first-order chi connectivity index (χ1) is 10.2. The molecule has 1 aliphatic heterocycles. The summed E-state index contributed by atoms with van der Waals surface area (Å²) < 4.78 is 68.2. The molecule has 0 unspecified atom stereocenters. The Kier molecular flexibility index (Phi) is 5.21. The molecule has 0 spiro atoms. The van der Waals surface area contributed by atoms with Crippen molar-refractivity contribution in [2.75, 3.05) is 19.7 Å². The van der Waals surface area contributed by atoms with Crippen molar-refractivity contribution in [1.29, 1.82) is 0 Å². The van der Waals surface area contributed by atoms with Crippen molar-refractivity contribution in [3.05, 3.63) is 28.8 Å². The summed E-state index contributed by atoms with van der Waals surface area (Å²) in [5.41, 5.74) is -4.80. The van der Waals surface area contributed by atoms with Crippen molar-refractivity contribution in [1.82, 2.24) is 5.32 Å². The Labute approximate surface area is 130 Å². The average molecular weight is 360 g/mol. The highest BCUT2D eigenvalue weighted by Gasteiger charge is 2.48. The van der Waals surface area contributed by atoms with Crippen LogP contribution in [0.15, 0.2) is 18.2 Å². The highest BCUT2D eigenvalue weighted by atomic mass is 35.5. The third kappa shape index (κ3) is 4.25. The lowest BCUT2D eigenvalue weighted by atomic mass is 10.1. The highest BCUT2D eigenvalue weighted by molar-refractivity contribution is 7.88. The topological polar surface area (TPSA) is 64.6 Å². The van der Waals surface area contributed by atoms with Crippen LogP contribution in [0.3, 0.4) is 0 Å². The summed E-state index contributed by atoms with van der Waals surface area (Å²) >= 11 is 5.79. The van der Waals surface area contributed by atoms with Crippen LogP contribution in [0.1, 0.15) is 5.56 Å². The number of halogens is 4. The molecule has 0 aliphatic carbocycles. The molecule has 1 saturated heterocycles. The van der Waals surface area contributed by atoms with Crippen LogP contribution in [-0.4, -0.2) is 39.7 Å². The third-order valence-corrected chi connectivity index (χ3v) is 4.21. The van der Waals surface area contributed by atoms with Crippen LogP contribution in [0.25, 0.3) is 0 Å². The molecule has 1 aromatic carbocycles. The van der Waals surface area contributed by atoms with Gasteiger partial charge in [-0.3, -0.25) is 0 Å². The van der Waals surface area contributed by atoms with Gasteiger partial charge in [-0.15, -0.1) is 0 Å². The number of rotatable bonds is 4. The minimum absolute atomic E-state index is 0.0736. The van der Waals surface area contributed by atoms with E-state index in [-0.39, 0.29) is 11.1 Å². The van der Waals surface area contributed by atoms with E-state index in [0.29, 0.717) is 25.1 Å². The summed E-state index contributed by atoms with van der Waals surface area (Å²) in [6, 6.07) is 3.91. The van der Waals surface area contributed by atoms with E-state index in [1.807, 2.05) is 0 Å². The maximum Gasteiger partial charge on any atom is 0.534 e. The van der Waals surface area contributed by atoms with E-state index in [4.69, 9.17) is 16.3 Å². The second-order valence-corrected chi connectivity index (χ2v) is 6.59. The monoisotopic (exact) mass is 359 g/mol. The molecule has 2 rings (SSSR count). The molecule has 0 aromatic heterocycles. The number of hydrogen-bond donors (Lipinski definition) is 1. The van der Waals surface area contributed by atoms with E-state index >= 15 is 0 Å². The van der Waals surface area contributed by atoms with Crippen LogP contribution >= 0.6 is 11.6 Å². The predicted molar refractivity (Wildman–Crippen MR) is 73.4 cm³/mol. The van der Waals surface area contributed by atoms with Crippen molar-refractivity contribution in [3.63, 3.8) is 0 Å². The van der Waals surface area contributed by atoms with Gasteiger partial charge in [0.2, 0.25) is 0 Å². The number of nitrogens with one attached hydrogen (secondary N) is 1. The van der Waals surface area contributed by atoms with E-state index in [1.165, 1.54) is 12.1 Å². The largest absolute Gasteiger partial charge is 0.534 e. The average Bonchev–Trinajstić information content (AvgIpc) is 2.42. The van der Waals surface area contributed by atoms with Gasteiger partial charge in [0.05, 0.1) is 17.7 Å². The molecule has 10 heteroatoms. The Hall–Kier alpha value is -1.03. The fraction of sp³-hybridized carbons (Fsp3) is 0.500. The van der Waals surface area contributed by atoms with E-state index in [0.717, 1.165) is 12.6 Å². The van der Waals surface area contributed by atoms with Gasteiger partial charge in [0, 0.05) is 13.1 Å². The van der Waals surface area contributed by atoms with E-state index in [9.17, 15) is 21.6 Å². The van der Waals surface area contributed by atoms with Crippen molar-refractivity contribution >= 4 is 21.7 Å². The second kappa shape index (κ2) is 6.61. The molecule has 1 atom stereocenters. The fourth-order valence-electron chi connectivity index (χ4n) is 1.92. The minimum Gasteiger partial charge on any atom is -0.375 e. The Morgan fingerprint density at radius 1 is 1.41 bits per heavy atom. The first-order valence-corrected chi connectivity index (χ1v) is 8.09. The highest BCUT2D eigenvalue weighted by Crippen LogP contribution is 2.32. The molecule has 1 N–H and O–H groups in total. The molecule has 0 bridgehead atoms. The lowest BCUT2D eigenvalue weighted by Crippen LogP contribution is -2.39. The summed E-state index contributed by atoms with van der Waals surface area (Å²) in [5, 5.41) is 2.93. The van der Waals surface area contributed by atoms with Gasteiger partial charge in [0.15, 0.2) is 5.75 Å². The normalized spacial score (nSPS) is 19.9. The zero-order valence-corrected chi connectivity index (χ0v) is 12.8. The molecular weight excluding hydrogens is 347 g/mol. The van der Waals surface area contributed by atoms with Crippen molar-refractivity contribution in [2.45, 2.75) is 18.0 Å². The second-order valence-electron chi connectivity index (χ2n) is 4.65. The quantitative estimate of drug-likeness (QED) is 0.659. The molecule has 0 amide bonds. The maximum absolute atomic E-state index is 12.3. The Morgan fingerprint density at radius 2 is 2.14 bits per heavy atom. The number of alkyl halides is 3. The maximum atomic E-state index is 12.3.